The molecule has 0 aliphatic heterocycles. The van der Waals surface area contributed by atoms with Crippen LogP contribution in [-0.4, -0.2) is 30.3 Å². The number of esters is 1. The molecule has 1 N–H and O–H groups in total. The van der Waals surface area contributed by atoms with E-state index in [9.17, 15) is 9.59 Å². The molecule has 0 spiro atoms. The summed E-state index contributed by atoms with van der Waals surface area (Å²) in [4.78, 5) is 22.8. The van der Waals surface area contributed by atoms with Gasteiger partial charge in [-0.1, -0.05) is 13.8 Å². The lowest BCUT2D eigenvalue weighted by Gasteiger charge is -2.22. The average Bonchev–Trinajstić information content (AvgIpc) is 2.11. The van der Waals surface area contributed by atoms with Gasteiger partial charge in [-0.3, -0.25) is 0 Å². The van der Waals surface area contributed by atoms with Gasteiger partial charge < -0.3 is 14.8 Å². The fraction of sp³-hybridized carbons (Fsp3) is 0.833. The second-order valence-corrected chi connectivity index (χ2v) is 5.39. The van der Waals surface area contributed by atoms with Gasteiger partial charge in [-0.05, 0) is 33.6 Å². The molecule has 0 saturated heterocycles. The third-order valence-corrected chi connectivity index (χ3v) is 1.64. The van der Waals surface area contributed by atoms with Crippen LogP contribution in [0, 0.1) is 5.92 Å². The Morgan fingerprint density at radius 2 is 1.71 bits per heavy atom. The number of hydrogen-bond donors (Lipinski definition) is 1. The summed E-state index contributed by atoms with van der Waals surface area (Å²) in [5, 5.41) is 2.42. The molecular weight excluding hydrogens is 222 g/mol. The number of carbonyl (C=O) groups excluding carboxylic acids is 2. The van der Waals surface area contributed by atoms with E-state index in [0.717, 1.165) is 0 Å². The zero-order valence-electron chi connectivity index (χ0n) is 11.5. The van der Waals surface area contributed by atoms with Crippen LogP contribution in [0.25, 0.3) is 0 Å². The summed E-state index contributed by atoms with van der Waals surface area (Å²) >= 11 is 0. The van der Waals surface area contributed by atoms with Crippen LogP contribution in [0.15, 0.2) is 0 Å². The first-order chi connectivity index (χ1) is 7.61. The predicted molar refractivity (Wildman–Crippen MR) is 64.6 cm³/mol. The molecular formula is C12H23NO4. The van der Waals surface area contributed by atoms with Crippen molar-refractivity contribution in [2.24, 2.45) is 5.92 Å². The SMILES string of the molecule is CC(C)COC(=O)N[C@H](C)C(=O)OC(C)(C)C. The minimum absolute atomic E-state index is 0.262. The number of amides is 1. The molecule has 5 nitrogen and oxygen atoms in total. The van der Waals surface area contributed by atoms with Crippen LogP contribution in [0.5, 0.6) is 0 Å². The van der Waals surface area contributed by atoms with Gasteiger partial charge >= 0.3 is 12.1 Å². The maximum absolute atomic E-state index is 11.5. The Kier molecular flexibility index (Phi) is 5.99. The van der Waals surface area contributed by atoms with Gasteiger partial charge in [0.1, 0.15) is 11.6 Å². The highest BCUT2D eigenvalue weighted by Crippen LogP contribution is 2.08. The fourth-order valence-corrected chi connectivity index (χ4v) is 0.910. The first kappa shape index (κ1) is 15.7. The highest BCUT2D eigenvalue weighted by Gasteiger charge is 2.23. The molecule has 17 heavy (non-hydrogen) atoms. The van der Waals surface area contributed by atoms with Crippen LogP contribution in [0.4, 0.5) is 4.79 Å². The van der Waals surface area contributed by atoms with Crippen LogP contribution in [0.1, 0.15) is 41.5 Å². The quantitative estimate of drug-likeness (QED) is 0.770. The standard InChI is InChI=1S/C12H23NO4/c1-8(2)7-16-11(15)13-9(3)10(14)17-12(4,5)6/h8-9H,7H2,1-6H3,(H,13,15)/t9-/m1/s1. The van der Waals surface area contributed by atoms with E-state index >= 15 is 0 Å². The Labute approximate surface area is 103 Å². The van der Waals surface area contributed by atoms with Gasteiger partial charge in [0.15, 0.2) is 0 Å². The molecule has 0 fully saturated rings. The molecule has 5 heteroatoms. The molecule has 0 aliphatic rings. The highest BCUT2D eigenvalue weighted by atomic mass is 16.6. The minimum atomic E-state index is -0.714. The van der Waals surface area contributed by atoms with E-state index in [1.165, 1.54) is 0 Å². The Morgan fingerprint density at radius 3 is 2.12 bits per heavy atom. The van der Waals surface area contributed by atoms with Crippen LogP contribution < -0.4 is 5.32 Å². The Bertz CT molecular complexity index is 268. The third-order valence-electron chi connectivity index (χ3n) is 1.64. The van der Waals surface area contributed by atoms with Crippen LogP contribution in [0.2, 0.25) is 0 Å². The maximum Gasteiger partial charge on any atom is 0.407 e. The average molecular weight is 245 g/mol. The van der Waals surface area contributed by atoms with E-state index in [2.05, 4.69) is 5.32 Å². The van der Waals surface area contributed by atoms with Gasteiger partial charge in [-0.25, -0.2) is 9.59 Å². The van der Waals surface area contributed by atoms with Gasteiger partial charge in [0, 0.05) is 0 Å². The molecule has 0 aromatic heterocycles. The number of rotatable bonds is 4. The molecule has 0 aromatic carbocycles. The summed E-state index contributed by atoms with van der Waals surface area (Å²) in [6.07, 6.45) is -0.600. The highest BCUT2D eigenvalue weighted by molar-refractivity contribution is 5.81. The summed E-state index contributed by atoms with van der Waals surface area (Å²) in [5.74, 6) is -0.212. The van der Waals surface area contributed by atoms with Crippen molar-refractivity contribution in [3.05, 3.63) is 0 Å². The molecule has 0 heterocycles. The molecule has 0 bridgehead atoms. The van der Waals surface area contributed by atoms with Crippen molar-refractivity contribution in [2.75, 3.05) is 6.61 Å². The van der Waals surface area contributed by atoms with Crippen molar-refractivity contribution in [1.82, 2.24) is 5.32 Å². The lowest BCUT2D eigenvalue weighted by atomic mass is 10.2. The molecule has 0 aromatic rings. The van der Waals surface area contributed by atoms with Crippen molar-refractivity contribution in [2.45, 2.75) is 53.2 Å². The molecule has 1 atom stereocenters. The maximum atomic E-state index is 11.5. The lowest BCUT2D eigenvalue weighted by molar-refractivity contribution is -0.156. The van der Waals surface area contributed by atoms with Gasteiger partial charge in [0.25, 0.3) is 0 Å². The first-order valence-electron chi connectivity index (χ1n) is 5.78. The Balaban J connectivity index is 4.04. The summed E-state index contributed by atoms with van der Waals surface area (Å²) in [5.41, 5.74) is -0.561. The number of alkyl carbamates (subject to hydrolysis) is 1. The van der Waals surface area contributed by atoms with Gasteiger partial charge in [0.05, 0.1) is 6.61 Å². The van der Waals surface area contributed by atoms with E-state index in [4.69, 9.17) is 9.47 Å². The Morgan fingerprint density at radius 1 is 1.18 bits per heavy atom. The summed E-state index contributed by atoms with van der Waals surface area (Å²) in [6, 6.07) is -0.714. The van der Waals surface area contributed by atoms with Crippen LogP contribution in [-0.2, 0) is 14.3 Å². The van der Waals surface area contributed by atoms with E-state index in [1.54, 1.807) is 27.7 Å². The molecule has 0 saturated carbocycles. The van der Waals surface area contributed by atoms with Crippen LogP contribution in [0.3, 0.4) is 0 Å². The lowest BCUT2D eigenvalue weighted by Crippen LogP contribution is -2.42. The van der Waals surface area contributed by atoms with Crippen molar-refractivity contribution in [3.8, 4) is 0 Å². The molecule has 0 radical (unpaired) electrons. The second kappa shape index (κ2) is 6.47. The second-order valence-electron chi connectivity index (χ2n) is 5.39. The number of nitrogens with one attached hydrogen (secondary N) is 1. The fourth-order valence-electron chi connectivity index (χ4n) is 0.910. The topological polar surface area (TPSA) is 64.6 Å². The van der Waals surface area contributed by atoms with Gasteiger partial charge in [-0.2, -0.15) is 0 Å². The monoisotopic (exact) mass is 245 g/mol. The van der Waals surface area contributed by atoms with Crippen LogP contribution >= 0.6 is 0 Å². The number of hydrogen-bond acceptors (Lipinski definition) is 4. The van der Waals surface area contributed by atoms with Gasteiger partial charge in [0.2, 0.25) is 0 Å². The molecule has 1 amide bonds. The first-order valence-corrected chi connectivity index (χ1v) is 5.78. The van der Waals surface area contributed by atoms with Crippen molar-refractivity contribution < 1.29 is 19.1 Å². The van der Waals surface area contributed by atoms with Gasteiger partial charge in [-0.15, -0.1) is 0 Å². The number of ether oxygens (including phenoxy) is 2. The predicted octanol–water partition coefficient (Wildman–Crippen LogP) is 2.10. The van der Waals surface area contributed by atoms with E-state index in [0.29, 0.717) is 6.61 Å². The smallest absolute Gasteiger partial charge is 0.407 e. The molecule has 0 rings (SSSR count). The van der Waals surface area contributed by atoms with E-state index < -0.39 is 23.7 Å². The molecule has 0 unspecified atom stereocenters. The van der Waals surface area contributed by atoms with E-state index in [1.807, 2.05) is 13.8 Å². The zero-order valence-corrected chi connectivity index (χ0v) is 11.5. The largest absolute Gasteiger partial charge is 0.458 e. The van der Waals surface area contributed by atoms with Crippen molar-refractivity contribution >= 4 is 12.1 Å². The summed E-state index contributed by atoms with van der Waals surface area (Å²) in [7, 11) is 0. The molecule has 100 valence electrons. The van der Waals surface area contributed by atoms with Crippen molar-refractivity contribution in [3.63, 3.8) is 0 Å². The normalized spacial score (nSPS) is 13.1. The van der Waals surface area contributed by atoms with Crippen molar-refractivity contribution in [1.29, 1.82) is 0 Å². The zero-order chi connectivity index (χ0) is 13.6. The Hall–Kier alpha value is -1.26. The summed E-state index contributed by atoms with van der Waals surface area (Å²) in [6.45, 7) is 11.1. The molecule has 0 aliphatic carbocycles. The minimum Gasteiger partial charge on any atom is -0.458 e. The number of carbonyl (C=O) groups is 2. The van der Waals surface area contributed by atoms with E-state index in [-0.39, 0.29) is 5.92 Å². The third kappa shape index (κ3) is 8.54. The summed E-state index contributed by atoms with van der Waals surface area (Å²) < 4.78 is 10.0.